The third kappa shape index (κ3) is 1.89. The molecule has 0 spiro atoms. The van der Waals surface area contributed by atoms with Crippen LogP contribution >= 0.6 is 0 Å². The molecule has 5 nitrogen and oxygen atoms in total. The maximum absolute atomic E-state index is 11.8. The predicted octanol–water partition coefficient (Wildman–Crippen LogP) is 2.07. The number of fused-ring (bicyclic) bond motifs is 2. The second-order valence-electron chi connectivity index (χ2n) is 4.55. The van der Waals surface area contributed by atoms with Gasteiger partial charge in [0.2, 0.25) is 9.84 Å². The first kappa shape index (κ1) is 12.8. The van der Waals surface area contributed by atoms with Crippen LogP contribution in [0.1, 0.15) is 23.9 Å². The molecule has 20 heavy (non-hydrogen) atoms. The van der Waals surface area contributed by atoms with E-state index in [1.165, 1.54) is 4.57 Å². The van der Waals surface area contributed by atoms with Crippen molar-refractivity contribution in [3.8, 4) is 0 Å². The first-order valence-electron chi connectivity index (χ1n) is 6.11. The molecule has 0 atom stereocenters. The molecule has 3 rings (SSSR count). The van der Waals surface area contributed by atoms with E-state index in [9.17, 15) is 8.42 Å². The smallest absolute Gasteiger partial charge is 0.253 e. The molecule has 102 valence electrons. The number of nitrogens with zero attached hydrogens (tertiary/aromatic N) is 3. The van der Waals surface area contributed by atoms with Gasteiger partial charge in [0.15, 0.2) is 5.82 Å². The number of allylic oxidation sites excluding steroid dienone is 1. The highest BCUT2D eigenvalue weighted by atomic mass is 32.2. The zero-order valence-corrected chi connectivity index (χ0v) is 11.9. The van der Waals surface area contributed by atoms with Crippen molar-refractivity contribution in [1.29, 1.82) is 0 Å². The first-order valence-corrected chi connectivity index (χ1v) is 8.01. The molecule has 0 radical (unpaired) electrons. The summed E-state index contributed by atoms with van der Waals surface area (Å²) < 4.78 is 25.1. The van der Waals surface area contributed by atoms with Crippen molar-refractivity contribution < 1.29 is 8.42 Å². The molecule has 0 N–H and O–H groups in total. The maximum atomic E-state index is 11.8. The van der Waals surface area contributed by atoms with Crippen LogP contribution in [0.4, 0.5) is 0 Å². The van der Waals surface area contributed by atoms with Crippen LogP contribution in [0.2, 0.25) is 0 Å². The third-order valence-electron chi connectivity index (χ3n) is 3.18. The summed E-state index contributed by atoms with van der Waals surface area (Å²) in [5, 5.41) is 7.82. The summed E-state index contributed by atoms with van der Waals surface area (Å²) in [6.07, 6.45) is 6.61. The van der Waals surface area contributed by atoms with Crippen molar-refractivity contribution in [2.24, 2.45) is 0 Å². The highest BCUT2D eigenvalue weighted by Gasteiger charge is 2.24. The van der Waals surface area contributed by atoms with E-state index in [1.807, 2.05) is 43.3 Å². The normalized spacial score (nSPS) is 15.8. The van der Waals surface area contributed by atoms with Crippen LogP contribution in [-0.4, -0.2) is 29.4 Å². The predicted molar refractivity (Wildman–Crippen MR) is 77.6 cm³/mol. The van der Waals surface area contributed by atoms with Crippen molar-refractivity contribution in [2.75, 3.05) is 6.26 Å². The number of rotatable bonds is 1. The number of sulfone groups is 1. The van der Waals surface area contributed by atoms with Gasteiger partial charge in [0.1, 0.15) is 0 Å². The van der Waals surface area contributed by atoms with E-state index in [-0.39, 0.29) is 5.16 Å². The van der Waals surface area contributed by atoms with Gasteiger partial charge in [-0.25, -0.2) is 8.42 Å². The van der Waals surface area contributed by atoms with Crippen molar-refractivity contribution in [2.45, 2.75) is 12.1 Å². The van der Waals surface area contributed by atoms with E-state index < -0.39 is 9.84 Å². The molecule has 2 aromatic rings. The monoisotopic (exact) mass is 287 g/mol. The Balaban J connectivity index is 2.34. The standard InChI is InChI=1S/C14H13N3O2S/c1-3-11-12-7-5-4-6-10(12)8-9-17-13(11)15-16-14(17)20(2,18)19/h3-9H,1-2H3. The minimum absolute atomic E-state index is 0.0455. The van der Waals surface area contributed by atoms with Gasteiger partial charge in [0.25, 0.3) is 5.16 Å². The zero-order chi connectivity index (χ0) is 14.3. The summed E-state index contributed by atoms with van der Waals surface area (Å²) >= 11 is 0. The Kier molecular flexibility index (Phi) is 2.83. The molecule has 6 heteroatoms. The Hall–Kier alpha value is -2.21. The van der Waals surface area contributed by atoms with Gasteiger partial charge < -0.3 is 0 Å². The molecule has 0 unspecified atom stereocenters. The average Bonchev–Trinajstić information content (AvgIpc) is 2.76. The second kappa shape index (κ2) is 4.42. The summed E-state index contributed by atoms with van der Waals surface area (Å²) in [5.41, 5.74) is 2.90. The van der Waals surface area contributed by atoms with Crippen LogP contribution < -0.4 is 0 Å². The Labute approximate surface area is 117 Å². The quantitative estimate of drug-likeness (QED) is 0.687. The molecule has 0 amide bonds. The van der Waals surface area contributed by atoms with Gasteiger partial charge in [0.05, 0.1) is 0 Å². The molecule has 0 bridgehead atoms. The molecule has 2 heterocycles. The van der Waals surface area contributed by atoms with E-state index >= 15 is 0 Å². The van der Waals surface area contributed by atoms with Gasteiger partial charge in [-0.2, -0.15) is 0 Å². The molecular weight excluding hydrogens is 274 g/mol. The van der Waals surface area contributed by atoms with Gasteiger partial charge in [0, 0.05) is 18.0 Å². The largest absolute Gasteiger partial charge is 0.273 e. The molecule has 1 aromatic carbocycles. The summed E-state index contributed by atoms with van der Waals surface area (Å²) in [7, 11) is -3.43. The van der Waals surface area contributed by atoms with E-state index in [0.29, 0.717) is 5.82 Å². The van der Waals surface area contributed by atoms with Crippen molar-refractivity contribution >= 4 is 27.7 Å². The fraction of sp³-hybridized carbons (Fsp3) is 0.143. The molecule has 1 aromatic heterocycles. The van der Waals surface area contributed by atoms with Crippen molar-refractivity contribution in [1.82, 2.24) is 14.8 Å². The Morgan fingerprint density at radius 3 is 2.65 bits per heavy atom. The van der Waals surface area contributed by atoms with E-state index in [0.717, 1.165) is 23.0 Å². The number of aromatic nitrogens is 3. The van der Waals surface area contributed by atoms with Gasteiger partial charge in [-0.05, 0) is 24.1 Å². The topological polar surface area (TPSA) is 64.8 Å². The van der Waals surface area contributed by atoms with Crippen LogP contribution in [0, 0.1) is 0 Å². The molecule has 0 saturated heterocycles. The van der Waals surface area contributed by atoms with E-state index in [1.54, 1.807) is 6.20 Å². The van der Waals surface area contributed by atoms with E-state index in [2.05, 4.69) is 10.2 Å². The second-order valence-corrected chi connectivity index (χ2v) is 6.46. The molecule has 0 fully saturated rings. The van der Waals surface area contributed by atoms with Gasteiger partial charge >= 0.3 is 0 Å². The Morgan fingerprint density at radius 2 is 1.95 bits per heavy atom. The minimum atomic E-state index is -3.43. The lowest BCUT2D eigenvalue weighted by Crippen LogP contribution is -2.06. The van der Waals surface area contributed by atoms with Crippen molar-refractivity contribution in [3.05, 3.63) is 47.3 Å². The lowest BCUT2D eigenvalue weighted by atomic mass is 10.00. The molecular formula is C14H13N3O2S. The number of hydrogen-bond donors (Lipinski definition) is 0. The molecule has 1 aliphatic rings. The molecule has 1 aliphatic heterocycles. The first-order chi connectivity index (χ1) is 9.52. The SMILES string of the molecule is CC=C1c2ccccc2C=Cn2c1nnc2S(C)(=O)=O. The molecule has 0 saturated carbocycles. The van der Waals surface area contributed by atoms with E-state index in [4.69, 9.17) is 0 Å². The van der Waals surface area contributed by atoms with Crippen LogP contribution in [0.15, 0.2) is 35.5 Å². The van der Waals surface area contributed by atoms with Gasteiger partial charge in [-0.1, -0.05) is 30.3 Å². The Morgan fingerprint density at radius 1 is 1.20 bits per heavy atom. The van der Waals surface area contributed by atoms with Crippen LogP contribution in [0.5, 0.6) is 0 Å². The van der Waals surface area contributed by atoms with Crippen LogP contribution in [0.25, 0.3) is 17.8 Å². The number of hydrogen-bond acceptors (Lipinski definition) is 4. The zero-order valence-electron chi connectivity index (χ0n) is 11.1. The Bertz CT molecular complexity index is 845. The van der Waals surface area contributed by atoms with Crippen molar-refractivity contribution in [3.63, 3.8) is 0 Å². The highest BCUT2D eigenvalue weighted by Crippen LogP contribution is 2.30. The van der Waals surface area contributed by atoms with Gasteiger partial charge in [-0.3, -0.25) is 4.57 Å². The lowest BCUT2D eigenvalue weighted by molar-refractivity contribution is 0.590. The molecule has 0 aliphatic carbocycles. The van der Waals surface area contributed by atoms with Crippen LogP contribution in [0.3, 0.4) is 0 Å². The highest BCUT2D eigenvalue weighted by molar-refractivity contribution is 7.90. The van der Waals surface area contributed by atoms with Crippen LogP contribution in [-0.2, 0) is 9.84 Å². The summed E-state index contributed by atoms with van der Waals surface area (Å²) in [6, 6.07) is 7.86. The lowest BCUT2D eigenvalue weighted by Gasteiger charge is -2.07. The summed E-state index contributed by atoms with van der Waals surface area (Å²) in [6.45, 7) is 1.90. The summed E-state index contributed by atoms with van der Waals surface area (Å²) in [5.74, 6) is 0.536. The fourth-order valence-corrected chi connectivity index (χ4v) is 2.99. The minimum Gasteiger partial charge on any atom is -0.273 e. The average molecular weight is 287 g/mol. The fourth-order valence-electron chi connectivity index (χ4n) is 2.30. The summed E-state index contributed by atoms with van der Waals surface area (Å²) in [4.78, 5) is 0. The maximum Gasteiger partial charge on any atom is 0.253 e. The number of benzene rings is 1. The van der Waals surface area contributed by atoms with Gasteiger partial charge in [-0.15, -0.1) is 10.2 Å². The third-order valence-corrected chi connectivity index (χ3v) is 4.12.